The molecule has 1 aromatic carbocycles. The number of halogens is 2. The molecule has 1 atom stereocenters. The third-order valence-electron chi connectivity index (χ3n) is 2.17. The molecule has 0 aliphatic rings. The monoisotopic (exact) mass is 320 g/mol. The van der Waals surface area contributed by atoms with Crippen LogP contribution in [0.1, 0.15) is 6.92 Å². The second kappa shape index (κ2) is 7.94. The number of carbonyl (C=O) groups is 2. The van der Waals surface area contributed by atoms with E-state index in [4.69, 9.17) is 27.9 Å². The first-order valence-electron chi connectivity index (χ1n) is 5.63. The number of carbonyl (C=O) groups excluding carboxylic acids is 2. The van der Waals surface area contributed by atoms with Crippen LogP contribution in [0.15, 0.2) is 18.2 Å². The van der Waals surface area contributed by atoms with Crippen molar-refractivity contribution in [3.05, 3.63) is 28.2 Å². The maximum Gasteiger partial charge on any atom is 0.279 e. The van der Waals surface area contributed by atoms with Crippen molar-refractivity contribution in [3.63, 3.8) is 0 Å². The summed E-state index contributed by atoms with van der Waals surface area (Å²) in [7, 11) is 1.37. The largest absolute Gasteiger partial charge is 0.479 e. The number of hydrogen-bond acceptors (Lipinski definition) is 4. The second-order valence-electron chi connectivity index (χ2n) is 3.81. The van der Waals surface area contributed by atoms with E-state index < -0.39 is 17.9 Å². The number of benzene rings is 1. The summed E-state index contributed by atoms with van der Waals surface area (Å²) in [5.41, 5.74) is 4.38. The van der Waals surface area contributed by atoms with Gasteiger partial charge < -0.3 is 9.47 Å². The van der Waals surface area contributed by atoms with Gasteiger partial charge in [0.05, 0.1) is 5.02 Å². The van der Waals surface area contributed by atoms with Crippen LogP contribution < -0.4 is 15.6 Å². The molecule has 0 spiro atoms. The van der Waals surface area contributed by atoms with Gasteiger partial charge in [0, 0.05) is 12.1 Å². The number of rotatable bonds is 5. The summed E-state index contributed by atoms with van der Waals surface area (Å²) in [6, 6.07) is 4.65. The van der Waals surface area contributed by atoms with Crippen LogP contribution in [-0.2, 0) is 14.3 Å². The first-order chi connectivity index (χ1) is 9.43. The molecule has 0 unspecified atom stereocenters. The topological polar surface area (TPSA) is 76.7 Å². The van der Waals surface area contributed by atoms with Gasteiger partial charge in [-0.15, -0.1) is 0 Å². The van der Waals surface area contributed by atoms with Crippen LogP contribution in [0, 0.1) is 0 Å². The summed E-state index contributed by atoms with van der Waals surface area (Å²) < 4.78 is 9.96. The molecular formula is C12H14Cl2N2O4. The maximum atomic E-state index is 11.7. The molecule has 0 bridgehead atoms. The van der Waals surface area contributed by atoms with Gasteiger partial charge in [-0.1, -0.05) is 23.2 Å². The highest BCUT2D eigenvalue weighted by atomic mass is 35.5. The van der Waals surface area contributed by atoms with Gasteiger partial charge in [-0.25, -0.2) is 0 Å². The van der Waals surface area contributed by atoms with Gasteiger partial charge in [0.1, 0.15) is 12.4 Å². The lowest BCUT2D eigenvalue weighted by molar-refractivity contribution is -0.134. The summed E-state index contributed by atoms with van der Waals surface area (Å²) in [6.45, 7) is 1.36. The molecule has 110 valence electrons. The molecule has 1 rings (SSSR count). The summed E-state index contributed by atoms with van der Waals surface area (Å²) in [5.74, 6) is -0.681. The zero-order valence-corrected chi connectivity index (χ0v) is 12.4. The number of hydrogen-bond donors (Lipinski definition) is 2. The number of ether oxygens (including phenoxy) is 2. The lowest BCUT2D eigenvalue weighted by Gasteiger charge is -2.16. The van der Waals surface area contributed by atoms with E-state index in [1.165, 1.54) is 20.1 Å². The minimum atomic E-state index is -0.850. The molecular weight excluding hydrogens is 307 g/mol. The fraction of sp³-hybridized carbons (Fsp3) is 0.333. The van der Waals surface area contributed by atoms with E-state index in [0.29, 0.717) is 15.8 Å². The SMILES string of the molecule is COCC(=O)NNC(=O)[C@@H](C)Oc1ccc(Cl)cc1Cl. The van der Waals surface area contributed by atoms with E-state index >= 15 is 0 Å². The van der Waals surface area contributed by atoms with Crippen molar-refractivity contribution in [3.8, 4) is 5.75 Å². The smallest absolute Gasteiger partial charge is 0.279 e. The van der Waals surface area contributed by atoms with E-state index in [0.717, 1.165) is 0 Å². The van der Waals surface area contributed by atoms with E-state index in [9.17, 15) is 9.59 Å². The highest BCUT2D eigenvalue weighted by molar-refractivity contribution is 6.35. The van der Waals surface area contributed by atoms with E-state index in [2.05, 4.69) is 15.6 Å². The predicted molar refractivity (Wildman–Crippen MR) is 74.7 cm³/mol. The summed E-state index contributed by atoms with van der Waals surface area (Å²) >= 11 is 11.7. The van der Waals surface area contributed by atoms with Crippen LogP contribution >= 0.6 is 23.2 Å². The minimum absolute atomic E-state index is 0.154. The third kappa shape index (κ3) is 5.24. The average molecular weight is 321 g/mol. The van der Waals surface area contributed by atoms with Crippen LogP contribution in [0.4, 0.5) is 0 Å². The van der Waals surface area contributed by atoms with Gasteiger partial charge in [-0.2, -0.15) is 0 Å². The second-order valence-corrected chi connectivity index (χ2v) is 4.65. The summed E-state index contributed by atoms with van der Waals surface area (Å²) in [4.78, 5) is 22.8. The van der Waals surface area contributed by atoms with E-state index in [1.54, 1.807) is 12.1 Å². The minimum Gasteiger partial charge on any atom is -0.479 e. The molecule has 1 aromatic rings. The molecule has 8 heteroatoms. The third-order valence-corrected chi connectivity index (χ3v) is 2.70. The van der Waals surface area contributed by atoms with E-state index in [1.807, 2.05) is 0 Å². The fourth-order valence-corrected chi connectivity index (χ4v) is 1.67. The Balaban J connectivity index is 2.51. The van der Waals surface area contributed by atoms with Gasteiger partial charge >= 0.3 is 0 Å². The van der Waals surface area contributed by atoms with Crippen molar-refractivity contribution in [2.75, 3.05) is 13.7 Å². The highest BCUT2D eigenvalue weighted by Crippen LogP contribution is 2.28. The molecule has 0 aliphatic heterocycles. The molecule has 0 heterocycles. The Hall–Kier alpha value is -1.50. The molecule has 2 N–H and O–H groups in total. The van der Waals surface area contributed by atoms with Gasteiger partial charge in [-0.05, 0) is 25.1 Å². The Morgan fingerprint density at radius 2 is 2.00 bits per heavy atom. The van der Waals surface area contributed by atoms with Crippen LogP contribution in [-0.4, -0.2) is 31.6 Å². The molecule has 20 heavy (non-hydrogen) atoms. The molecule has 0 aromatic heterocycles. The highest BCUT2D eigenvalue weighted by Gasteiger charge is 2.16. The van der Waals surface area contributed by atoms with Gasteiger partial charge in [0.15, 0.2) is 6.10 Å². The standard InChI is InChI=1S/C12H14Cl2N2O4/c1-7(12(18)16-15-11(17)6-19-2)20-10-4-3-8(13)5-9(10)14/h3-5,7H,6H2,1-2H3,(H,15,17)(H,16,18)/t7-/m1/s1. The lowest BCUT2D eigenvalue weighted by Crippen LogP contribution is -2.48. The van der Waals surface area contributed by atoms with Crippen LogP contribution in [0.2, 0.25) is 10.0 Å². The van der Waals surface area contributed by atoms with Crippen molar-refractivity contribution < 1.29 is 19.1 Å². The Labute approximate surface area is 126 Å². The Morgan fingerprint density at radius 1 is 1.30 bits per heavy atom. The van der Waals surface area contributed by atoms with Gasteiger partial charge in [-0.3, -0.25) is 20.4 Å². The van der Waals surface area contributed by atoms with Crippen LogP contribution in [0.3, 0.4) is 0 Å². The molecule has 0 saturated carbocycles. The van der Waals surface area contributed by atoms with Crippen LogP contribution in [0.25, 0.3) is 0 Å². The number of methoxy groups -OCH3 is 1. The quantitative estimate of drug-likeness (QED) is 0.807. The predicted octanol–water partition coefficient (Wildman–Crippen LogP) is 1.55. The lowest BCUT2D eigenvalue weighted by atomic mass is 10.3. The number of nitrogens with one attached hydrogen (secondary N) is 2. The Kier molecular flexibility index (Phi) is 6.57. The van der Waals surface area contributed by atoms with Crippen molar-refractivity contribution in [1.82, 2.24) is 10.9 Å². The number of hydrazine groups is 1. The molecule has 6 nitrogen and oxygen atoms in total. The van der Waals surface area contributed by atoms with Crippen LogP contribution in [0.5, 0.6) is 5.75 Å². The van der Waals surface area contributed by atoms with Crippen molar-refractivity contribution in [1.29, 1.82) is 0 Å². The average Bonchev–Trinajstić information content (AvgIpc) is 2.39. The zero-order valence-electron chi connectivity index (χ0n) is 10.9. The molecule has 0 saturated heterocycles. The number of amides is 2. The van der Waals surface area contributed by atoms with E-state index in [-0.39, 0.29) is 6.61 Å². The normalized spacial score (nSPS) is 11.6. The Bertz CT molecular complexity index is 496. The molecule has 0 fully saturated rings. The zero-order chi connectivity index (χ0) is 15.1. The van der Waals surface area contributed by atoms with Crippen molar-refractivity contribution in [2.24, 2.45) is 0 Å². The first kappa shape index (κ1) is 16.6. The van der Waals surface area contributed by atoms with Gasteiger partial charge in [0.2, 0.25) is 0 Å². The summed E-state index contributed by atoms with van der Waals surface area (Å²) in [5, 5.41) is 0.756. The van der Waals surface area contributed by atoms with Crippen molar-refractivity contribution >= 4 is 35.0 Å². The first-order valence-corrected chi connectivity index (χ1v) is 6.39. The van der Waals surface area contributed by atoms with Gasteiger partial charge in [0.25, 0.3) is 11.8 Å². The maximum absolute atomic E-state index is 11.7. The van der Waals surface area contributed by atoms with Crippen molar-refractivity contribution in [2.45, 2.75) is 13.0 Å². The molecule has 0 aliphatic carbocycles. The molecule has 0 radical (unpaired) electrons. The molecule has 2 amide bonds. The fourth-order valence-electron chi connectivity index (χ4n) is 1.21. The summed E-state index contributed by atoms with van der Waals surface area (Å²) in [6.07, 6.45) is -0.850. The Morgan fingerprint density at radius 3 is 2.60 bits per heavy atom.